The van der Waals surface area contributed by atoms with E-state index in [1.54, 1.807) is 23.5 Å². The summed E-state index contributed by atoms with van der Waals surface area (Å²) < 4.78 is 13.4. The molecule has 0 aliphatic heterocycles. The van der Waals surface area contributed by atoms with Gasteiger partial charge in [0.2, 0.25) is 0 Å². The molecule has 1 amide bonds. The minimum Gasteiger partial charge on any atom is -0.349 e. The fourth-order valence-corrected chi connectivity index (χ4v) is 2.56. The molecule has 1 aromatic heterocycles. The fourth-order valence-electron chi connectivity index (χ4n) is 1.73. The number of hydrogen-bond acceptors (Lipinski definition) is 2. The van der Waals surface area contributed by atoms with Crippen LogP contribution >= 0.6 is 11.3 Å². The second-order valence-electron chi connectivity index (χ2n) is 4.14. The average molecular weight is 263 g/mol. The summed E-state index contributed by atoms with van der Waals surface area (Å²) in [5.41, 5.74) is 0.0931. The molecule has 1 heterocycles. The third-order valence-electron chi connectivity index (χ3n) is 2.58. The molecular formula is C14H14FNOS. The molecule has 0 saturated heterocycles. The van der Waals surface area contributed by atoms with E-state index in [0.29, 0.717) is 0 Å². The lowest BCUT2D eigenvalue weighted by Gasteiger charge is -2.13. The average Bonchev–Trinajstić information content (AvgIpc) is 2.82. The Kier molecular flexibility index (Phi) is 4.10. The maximum absolute atomic E-state index is 13.4. The number of carbonyl (C=O) groups is 1. The minimum atomic E-state index is -0.488. The molecule has 1 atom stereocenters. The van der Waals surface area contributed by atoms with Crippen LogP contribution in [0, 0.1) is 5.82 Å². The highest BCUT2D eigenvalue weighted by Gasteiger charge is 2.13. The molecule has 0 aliphatic carbocycles. The Bertz CT molecular complexity index is 524. The van der Waals surface area contributed by atoms with Crippen molar-refractivity contribution in [2.24, 2.45) is 0 Å². The van der Waals surface area contributed by atoms with Gasteiger partial charge in [-0.15, -0.1) is 11.3 Å². The third kappa shape index (κ3) is 3.17. The Labute approximate surface area is 109 Å². The number of thiophene rings is 1. The molecule has 18 heavy (non-hydrogen) atoms. The van der Waals surface area contributed by atoms with E-state index in [2.05, 4.69) is 5.32 Å². The minimum absolute atomic E-state index is 0.0178. The van der Waals surface area contributed by atoms with Crippen molar-refractivity contribution in [3.63, 3.8) is 0 Å². The third-order valence-corrected chi connectivity index (χ3v) is 3.48. The Morgan fingerprint density at radius 3 is 2.78 bits per heavy atom. The van der Waals surface area contributed by atoms with Crippen LogP contribution in [0.1, 0.15) is 22.2 Å². The Balaban J connectivity index is 1.97. The normalized spacial score (nSPS) is 12.1. The highest BCUT2D eigenvalue weighted by atomic mass is 32.1. The van der Waals surface area contributed by atoms with Gasteiger partial charge in [0.05, 0.1) is 5.56 Å². The van der Waals surface area contributed by atoms with Gasteiger partial charge in [0, 0.05) is 17.3 Å². The Hall–Kier alpha value is -1.68. The molecule has 0 saturated carbocycles. The molecule has 0 spiro atoms. The van der Waals surface area contributed by atoms with E-state index in [4.69, 9.17) is 0 Å². The summed E-state index contributed by atoms with van der Waals surface area (Å²) in [6.45, 7) is 1.92. The monoisotopic (exact) mass is 263 g/mol. The van der Waals surface area contributed by atoms with Gasteiger partial charge in [0.1, 0.15) is 5.82 Å². The zero-order valence-electron chi connectivity index (χ0n) is 10.0. The summed E-state index contributed by atoms with van der Waals surface area (Å²) in [6.07, 6.45) is 0.762. The van der Waals surface area contributed by atoms with Crippen LogP contribution in [0.4, 0.5) is 4.39 Å². The summed E-state index contributed by atoms with van der Waals surface area (Å²) in [4.78, 5) is 13.1. The highest BCUT2D eigenvalue weighted by Crippen LogP contribution is 2.12. The van der Waals surface area contributed by atoms with Crippen molar-refractivity contribution in [1.29, 1.82) is 0 Å². The van der Waals surface area contributed by atoms with Gasteiger partial charge >= 0.3 is 0 Å². The van der Waals surface area contributed by atoms with Crippen molar-refractivity contribution in [3.05, 3.63) is 58.0 Å². The lowest BCUT2D eigenvalue weighted by atomic mass is 10.1. The molecule has 1 unspecified atom stereocenters. The maximum Gasteiger partial charge on any atom is 0.254 e. The van der Waals surface area contributed by atoms with Crippen molar-refractivity contribution in [2.45, 2.75) is 19.4 Å². The molecule has 94 valence electrons. The number of halogens is 1. The van der Waals surface area contributed by atoms with Crippen molar-refractivity contribution in [1.82, 2.24) is 5.32 Å². The number of rotatable bonds is 4. The van der Waals surface area contributed by atoms with Crippen LogP contribution in [-0.4, -0.2) is 11.9 Å². The standard InChI is InChI=1S/C14H14FNOS/c1-10(9-11-5-4-8-18-11)16-14(17)12-6-2-3-7-13(12)15/h2-8,10H,9H2,1H3,(H,16,17). The van der Waals surface area contributed by atoms with E-state index in [9.17, 15) is 9.18 Å². The number of amides is 1. The topological polar surface area (TPSA) is 29.1 Å². The van der Waals surface area contributed by atoms with Gasteiger partial charge in [-0.05, 0) is 30.5 Å². The van der Waals surface area contributed by atoms with E-state index in [1.165, 1.54) is 17.0 Å². The second kappa shape index (κ2) is 5.78. The van der Waals surface area contributed by atoms with Gasteiger partial charge in [-0.3, -0.25) is 4.79 Å². The van der Waals surface area contributed by atoms with E-state index in [1.807, 2.05) is 24.4 Å². The smallest absolute Gasteiger partial charge is 0.254 e. The molecule has 0 aliphatic rings. The number of carbonyl (C=O) groups excluding carboxylic acids is 1. The van der Waals surface area contributed by atoms with Crippen LogP contribution in [0.3, 0.4) is 0 Å². The van der Waals surface area contributed by atoms with Crippen LogP contribution in [0.25, 0.3) is 0 Å². The van der Waals surface area contributed by atoms with Crippen LogP contribution < -0.4 is 5.32 Å². The van der Waals surface area contributed by atoms with E-state index in [0.717, 1.165) is 6.42 Å². The highest BCUT2D eigenvalue weighted by molar-refractivity contribution is 7.09. The quantitative estimate of drug-likeness (QED) is 0.901. The Morgan fingerprint density at radius 1 is 1.33 bits per heavy atom. The van der Waals surface area contributed by atoms with Crippen molar-refractivity contribution in [3.8, 4) is 0 Å². The van der Waals surface area contributed by atoms with Crippen LogP contribution in [0.2, 0.25) is 0 Å². The largest absolute Gasteiger partial charge is 0.349 e. The summed E-state index contributed by atoms with van der Waals surface area (Å²) >= 11 is 1.65. The summed E-state index contributed by atoms with van der Waals surface area (Å²) in [6, 6.07) is 9.99. The summed E-state index contributed by atoms with van der Waals surface area (Å²) in [7, 11) is 0. The van der Waals surface area contributed by atoms with E-state index < -0.39 is 5.82 Å². The fraction of sp³-hybridized carbons (Fsp3) is 0.214. The maximum atomic E-state index is 13.4. The lowest BCUT2D eigenvalue weighted by molar-refractivity contribution is 0.0936. The molecule has 1 aromatic carbocycles. The predicted molar refractivity (Wildman–Crippen MR) is 71.4 cm³/mol. The van der Waals surface area contributed by atoms with Gasteiger partial charge in [0.25, 0.3) is 5.91 Å². The zero-order valence-corrected chi connectivity index (χ0v) is 10.8. The predicted octanol–water partition coefficient (Wildman–Crippen LogP) is 3.25. The van der Waals surface area contributed by atoms with Crippen molar-refractivity contribution in [2.75, 3.05) is 0 Å². The SMILES string of the molecule is CC(Cc1cccs1)NC(=O)c1ccccc1F. The van der Waals surface area contributed by atoms with Gasteiger partial charge in [-0.25, -0.2) is 4.39 Å². The summed E-state index contributed by atoms with van der Waals surface area (Å²) in [5, 5.41) is 4.80. The molecule has 2 rings (SSSR count). The first-order valence-corrected chi connectivity index (χ1v) is 6.62. The molecule has 0 bridgehead atoms. The van der Waals surface area contributed by atoms with Crippen LogP contribution in [0.5, 0.6) is 0 Å². The van der Waals surface area contributed by atoms with E-state index >= 15 is 0 Å². The number of benzene rings is 1. The first-order valence-electron chi connectivity index (χ1n) is 5.74. The first kappa shape index (κ1) is 12.8. The van der Waals surface area contributed by atoms with Crippen LogP contribution in [0.15, 0.2) is 41.8 Å². The zero-order chi connectivity index (χ0) is 13.0. The van der Waals surface area contributed by atoms with Gasteiger partial charge in [0.15, 0.2) is 0 Å². The molecule has 4 heteroatoms. The molecule has 2 aromatic rings. The lowest BCUT2D eigenvalue weighted by Crippen LogP contribution is -2.34. The van der Waals surface area contributed by atoms with Crippen LogP contribution in [-0.2, 0) is 6.42 Å². The molecule has 2 nitrogen and oxygen atoms in total. The molecule has 0 radical (unpaired) electrons. The molecule has 1 N–H and O–H groups in total. The van der Waals surface area contributed by atoms with Gasteiger partial charge in [-0.1, -0.05) is 18.2 Å². The number of hydrogen-bond donors (Lipinski definition) is 1. The first-order chi connectivity index (χ1) is 8.66. The van der Waals surface area contributed by atoms with Gasteiger partial charge in [-0.2, -0.15) is 0 Å². The van der Waals surface area contributed by atoms with E-state index in [-0.39, 0.29) is 17.5 Å². The van der Waals surface area contributed by atoms with Gasteiger partial charge < -0.3 is 5.32 Å². The number of nitrogens with one attached hydrogen (secondary N) is 1. The van der Waals surface area contributed by atoms with Crippen molar-refractivity contribution < 1.29 is 9.18 Å². The van der Waals surface area contributed by atoms with Crippen molar-refractivity contribution >= 4 is 17.2 Å². The summed E-state index contributed by atoms with van der Waals surface area (Å²) in [5.74, 6) is -0.851. The molecule has 0 fully saturated rings. The molecular weight excluding hydrogens is 249 g/mol. The Morgan fingerprint density at radius 2 is 2.11 bits per heavy atom. The second-order valence-corrected chi connectivity index (χ2v) is 5.17.